The summed E-state index contributed by atoms with van der Waals surface area (Å²) in [6.45, 7) is 2.83. The van der Waals surface area contributed by atoms with E-state index in [9.17, 15) is 19.2 Å². The minimum absolute atomic E-state index is 0.242. The molecule has 3 amide bonds. The zero-order chi connectivity index (χ0) is 24.9. The monoisotopic (exact) mass is 472 g/mol. The molecule has 0 saturated heterocycles. The Balaban J connectivity index is 1.38. The van der Waals surface area contributed by atoms with Gasteiger partial charge in [0.25, 0.3) is 17.7 Å². The second-order valence-electron chi connectivity index (χ2n) is 8.31. The molecule has 1 heterocycles. The fourth-order valence-corrected chi connectivity index (χ4v) is 3.82. The van der Waals surface area contributed by atoms with Crippen molar-refractivity contribution in [3.8, 4) is 11.5 Å². The number of fused-ring (bicyclic) bond motifs is 1. The fourth-order valence-electron chi connectivity index (χ4n) is 3.82. The Bertz CT molecular complexity index is 1240. The molecule has 0 bridgehead atoms. The van der Waals surface area contributed by atoms with Crippen molar-refractivity contribution >= 4 is 29.4 Å². The SMILES string of the molecule is CC(C)[C@@H](C(=O)OCC(=O)Nc1cccc(Oc2ccccc2)c1)N1C(=O)c2ccccc2C1=O. The van der Waals surface area contributed by atoms with Gasteiger partial charge in [0.2, 0.25) is 0 Å². The standard InChI is InChI=1S/C27H24N2O6/c1-17(2)24(29-25(31)21-13-6-7-14-22(21)26(29)32)27(33)34-16-23(30)28-18-9-8-12-20(15-18)35-19-10-4-3-5-11-19/h3-15,17,24H,16H2,1-2H3,(H,28,30)/t24-/m0/s1. The number of hydrogen-bond donors (Lipinski definition) is 1. The topological polar surface area (TPSA) is 102 Å². The maximum atomic E-state index is 12.9. The quantitative estimate of drug-likeness (QED) is 0.388. The smallest absolute Gasteiger partial charge is 0.330 e. The predicted molar refractivity (Wildman–Crippen MR) is 128 cm³/mol. The summed E-state index contributed by atoms with van der Waals surface area (Å²) in [5, 5.41) is 2.65. The van der Waals surface area contributed by atoms with Gasteiger partial charge in [-0.1, -0.05) is 50.2 Å². The lowest BCUT2D eigenvalue weighted by Crippen LogP contribution is -2.49. The van der Waals surface area contributed by atoms with Crippen LogP contribution in [0.15, 0.2) is 78.9 Å². The molecule has 8 heteroatoms. The van der Waals surface area contributed by atoms with Crippen molar-refractivity contribution in [1.29, 1.82) is 0 Å². The molecule has 0 fully saturated rings. The highest BCUT2D eigenvalue weighted by molar-refractivity contribution is 6.22. The van der Waals surface area contributed by atoms with Crippen molar-refractivity contribution in [3.05, 3.63) is 90.0 Å². The zero-order valence-electron chi connectivity index (χ0n) is 19.3. The number of anilines is 1. The van der Waals surface area contributed by atoms with E-state index in [0.29, 0.717) is 17.2 Å². The van der Waals surface area contributed by atoms with Gasteiger partial charge in [-0.2, -0.15) is 0 Å². The molecule has 0 aliphatic carbocycles. The molecule has 3 aromatic rings. The normalized spacial score (nSPS) is 13.4. The third-order valence-electron chi connectivity index (χ3n) is 5.42. The van der Waals surface area contributed by atoms with E-state index in [4.69, 9.17) is 9.47 Å². The third kappa shape index (κ3) is 5.22. The highest BCUT2D eigenvalue weighted by atomic mass is 16.5. The second kappa shape index (κ2) is 10.2. The number of nitrogens with zero attached hydrogens (tertiary/aromatic N) is 1. The Morgan fingerprint density at radius 3 is 2.06 bits per heavy atom. The number of imide groups is 1. The molecule has 0 spiro atoms. The number of carbonyl (C=O) groups excluding carboxylic acids is 4. The third-order valence-corrected chi connectivity index (χ3v) is 5.42. The molecule has 0 saturated carbocycles. The molecule has 1 atom stereocenters. The van der Waals surface area contributed by atoms with Crippen LogP contribution in [0.4, 0.5) is 5.69 Å². The van der Waals surface area contributed by atoms with Crippen molar-refractivity contribution < 1.29 is 28.7 Å². The molecule has 0 radical (unpaired) electrons. The van der Waals surface area contributed by atoms with Crippen LogP contribution in [0.2, 0.25) is 0 Å². The highest BCUT2D eigenvalue weighted by Crippen LogP contribution is 2.28. The van der Waals surface area contributed by atoms with E-state index >= 15 is 0 Å². The van der Waals surface area contributed by atoms with Gasteiger partial charge in [-0.05, 0) is 42.3 Å². The second-order valence-corrected chi connectivity index (χ2v) is 8.31. The van der Waals surface area contributed by atoms with Gasteiger partial charge < -0.3 is 14.8 Å². The number of ether oxygens (including phenoxy) is 2. The average molecular weight is 472 g/mol. The lowest BCUT2D eigenvalue weighted by Gasteiger charge is -2.27. The summed E-state index contributed by atoms with van der Waals surface area (Å²) in [7, 11) is 0. The predicted octanol–water partition coefficient (Wildman–Crippen LogP) is 4.28. The Labute approximate surface area is 202 Å². The first kappa shape index (κ1) is 23.7. The number of para-hydroxylation sites is 1. The molecule has 1 N–H and O–H groups in total. The summed E-state index contributed by atoms with van der Waals surface area (Å²) in [6, 6.07) is 21.2. The van der Waals surface area contributed by atoms with E-state index in [0.717, 1.165) is 4.90 Å². The summed E-state index contributed by atoms with van der Waals surface area (Å²) >= 11 is 0. The summed E-state index contributed by atoms with van der Waals surface area (Å²) in [5.74, 6) is -1.75. The van der Waals surface area contributed by atoms with Crippen molar-refractivity contribution in [3.63, 3.8) is 0 Å². The maximum Gasteiger partial charge on any atom is 0.330 e. The van der Waals surface area contributed by atoms with E-state index in [1.54, 1.807) is 62.4 Å². The Hall–Kier alpha value is -4.46. The van der Waals surface area contributed by atoms with E-state index in [1.807, 2.05) is 30.3 Å². The van der Waals surface area contributed by atoms with Crippen molar-refractivity contribution in [2.24, 2.45) is 5.92 Å². The van der Waals surface area contributed by atoms with E-state index in [1.165, 1.54) is 0 Å². The van der Waals surface area contributed by atoms with Gasteiger partial charge in [-0.3, -0.25) is 19.3 Å². The van der Waals surface area contributed by atoms with Crippen LogP contribution in [0.3, 0.4) is 0 Å². The lowest BCUT2D eigenvalue weighted by molar-refractivity contribution is -0.152. The summed E-state index contributed by atoms with van der Waals surface area (Å²) in [6.07, 6.45) is 0. The first-order valence-electron chi connectivity index (χ1n) is 11.1. The van der Waals surface area contributed by atoms with Crippen LogP contribution in [0.5, 0.6) is 11.5 Å². The number of rotatable bonds is 8. The molecule has 1 aliphatic rings. The molecule has 178 valence electrons. The number of esters is 1. The first-order chi connectivity index (χ1) is 16.8. The minimum Gasteiger partial charge on any atom is -0.457 e. The number of nitrogens with one attached hydrogen (secondary N) is 1. The van der Waals surface area contributed by atoms with Crippen molar-refractivity contribution in [1.82, 2.24) is 4.90 Å². The van der Waals surface area contributed by atoms with Crippen LogP contribution < -0.4 is 10.1 Å². The van der Waals surface area contributed by atoms with Gasteiger partial charge >= 0.3 is 5.97 Å². The van der Waals surface area contributed by atoms with Crippen LogP contribution in [-0.4, -0.2) is 41.2 Å². The van der Waals surface area contributed by atoms with Crippen molar-refractivity contribution in [2.75, 3.05) is 11.9 Å². The van der Waals surface area contributed by atoms with E-state index < -0.39 is 42.3 Å². The molecule has 0 unspecified atom stereocenters. The first-order valence-corrected chi connectivity index (χ1v) is 11.1. The number of benzene rings is 3. The molecular weight excluding hydrogens is 448 g/mol. The average Bonchev–Trinajstić information content (AvgIpc) is 3.09. The van der Waals surface area contributed by atoms with Gasteiger partial charge in [-0.25, -0.2) is 4.79 Å². The van der Waals surface area contributed by atoms with Gasteiger partial charge in [0, 0.05) is 11.8 Å². The van der Waals surface area contributed by atoms with E-state index in [2.05, 4.69) is 5.32 Å². The lowest BCUT2D eigenvalue weighted by atomic mass is 10.0. The Kier molecular flexibility index (Phi) is 6.91. The molecule has 1 aliphatic heterocycles. The fraction of sp³-hybridized carbons (Fsp3) is 0.185. The van der Waals surface area contributed by atoms with Gasteiger partial charge in [0.1, 0.15) is 17.5 Å². The molecule has 3 aromatic carbocycles. The van der Waals surface area contributed by atoms with Crippen LogP contribution in [-0.2, 0) is 14.3 Å². The Morgan fingerprint density at radius 2 is 1.43 bits per heavy atom. The molecule has 8 nitrogen and oxygen atoms in total. The highest BCUT2D eigenvalue weighted by Gasteiger charge is 2.44. The van der Waals surface area contributed by atoms with Gasteiger partial charge in [0.15, 0.2) is 6.61 Å². The zero-order valence-corrected chi connectivity index (χ0v) is 19.3. The van der Waals surface area contributed by atoms with Crippen molar-refractivity contribution in [2.45, 2.75) is 19.9 Å². The molecule has 35 heavy (non-hydrogen) atoms. The van der Waals surface area contributed by atoms with Crippen LogP contribution >= 0.6 is 0 Å². The number of hydrogen-bond acceptors (Lipinski definition) is 6. The number of amides is 3. The molecular formula is C27H24N2O6. The summed E-state index contributed by atoms with van der Waals surface area (Å²) < 4.78 is 11.0. The van der Waals surface area contributed by atoms with E-state index in [-0.39, 0.29) is 11.1 Å². The molecule has 4 rings (SSSR count). The van der Waals surface area contributed by atoms with Gasteiger partial charge in [-0.15, -0.1) is 0 Å². The summed E-state index contributed by atoms with van der Waals surface area (Å²) in [5.41, 5.74) is 0.942. The minimum atomic E-state index is -1.15. The summed E-state index contributed by atoms with van der Waals surface area (Å²) in [4.78, 5) is 51.8. The maximum absolute atomic E-state index is 12.9. The van der Waals surface area contributed by atoms with Crippen LogP contribution in [0.25, 0.3) is 0 Å². The Morgan fingerprint density at radius 1 is 0.829 bits per heavy atom. The van der Waals surface area contributed by atoms with Gasteiger partial charge in [0.05, 0.1) is 11.1 Å². The largest absolute Gasteiger partial charge is 0.457 e. The van der Waals surface area contributed by atoms with Crippen LogP contribution in [0, 0.1) is 5.92 Å². The number of carbonyl (C=O) groups is 4. The van der Waals surface area contributed by atoms with Crippen LogP contribution in [0.1, 0.15) is 34.6 Å². The molecule has 0 aromatic heterocycles.